The molecule has 0 spiro atoms. The summed E-state index contributed by atoms with van der Waals surface area (Å²) in [5.74, 6) is 0. The average molecular weight is 237 g/mol. The molecule has 0 saturated carbocycles. The van der Waals surface area contributed by atoms with Gasteiger partial charge in [-0.05, 0) is 42.6 Å². The Morgan fingerprint density at radius 2 is 2.06 bits per heavy atom. The minimum Gasteiger partial charge on any atom is -0.347 e. The van der Waals surface area contributed by atoms with Gasteiger partial charge < -0.3 is 4.90 Å². The fourth-order valence-corrected chi connectivity index (χ4v) is 2.79. The van der Waals surface area contributed by atoms with Crippen LogP contribution in [0.1, 0.15) is 31.7 Å². The van der Waals surface area contributed by atoms with E-state index in [0.717, 1.165) is 19.4 Å². The lowest BCUT2D eigenvalue weighted by Gasteiger charge is -2.22. The summed E-state index contributed by atoms with van der Waals surface area (Å²) in [5, 5.41) is 0. The Morgan fingerprint density at radius 1 is 1.17 bits per heavy atom. The normalized spacial score (nSPS) is 17.5. The van der Waals surface area contributed by atoms with Gasteiger partial charge in [-0.25, -0.2) is 0 Å². The summed E-state index contributed by atoms with van der Waals surface area (Å²) in [6.45, 7) is 3.31. The van der Waals surface area contributed by atoms with E-state index in [9.17, 15) is 0 Å². The lowest BCUT2D eigenvalue weighted by molar-refractivity contribution is 0.879. The fraction of sp³-hybridized carbons (Fsp3) is 0.294. The van der Waals surface area contributed by atoms with E-state index >= 15 is 0 Å². The smallest absolute Gasteiger partial charge is 0.0482 e. The molecule has 18 heavy (non-hydrogen) atoms. The van der Waals surface area contributed by atoms with Crippen molar-refractivity contribution in [3.05, 3.63) is 59.8 Å². The van der Waals surface area contributed by atoms with Crippen LogP contribution < -0.4 is 4.90 Å². The lowest BCUT2D eigenvalue weighted by atomic mass is 9.91. The number of rotatable bonds is 2. The Bertz CT molecular complexity index is 534. The van der Waals surface area contributed by atoms with Gasteiger partial charge in [-0.2, -0.15) is 0 Å². The molecule has 0 bridgehead atoms. The number of fused-ring (bicyclic) bond motifs is 2. The minimum absolute atomic E-state index is 1.08. The highest BCUT2D eigenvalue weighted by atomic mass is 15.1. The Balaban J connectivity index is 2.14. The molecule has 0 N–H and O–H groups in total. The van der Waals surface area contributed by atoms with Crippen LogP contribution in [0.2, 0.25) is 0 Å². The molecule has 1 aliphatic carbocycles. The van der Waals surface area contributed by atoms with E-state index in [1.165, 1.54) is 28.8 Å². The highest BCUT2D eigenvalue weighted by Crippen LogP contribution is 2.37. The van der Waals surface area contributed by atoms with Crippen LogP contribution in [-0.2, 0) is 0 Å². The van der Waals surface area contributed by atoms with Crippen LogP contribution in [0.4, 0.5) is 5.69 Å². The number of anilines is 1. The quantitative estimate of drug-likeness (QED) is 0.730. The second-order valence-electron chi connectivity index (χ2n) is 4.90. The molecule has 0 unspecified atom stereocenters. The van der Waals surface area contributed by atoms with Crippen LogP contribution in [0.3, 0.4) is 0 Å². The zero-order chi connectivity index (χ0) is 12.4. The molecule has 0 fully saturated rings. The van der Waals surface area contributed by atoms with Crippen molar-refractivity contribution < 1.29 is 0 Å². The van der Waals surface area contributed by atoms with Gasteiger partial charge in [-0.3, -0.25) is 0 Å². The van der Waals surface area contributed by atoms with Gasteiger partial charge in [0, 0.05) is 24.0 Å². The maximum absolute atomic E-state index is 2.38. The van der Waals surface area contributed by atoms with Crippen LogP contribution in [0.25, 0.3) is 5.57 Å². The number of para-hydroxylation sites is 1. The largest absolute Gasteiger partial charge is 0.347 e. The lowest BCUT2D eigenvalue weighted by Crippen LogP contribution is -2.17. The van der Waals surface area contributed by atoms with E-state index in [0.29, 0.717) is 0 Å². The summed E-state index contributed by atoms with van der Waals surface area (Å²) in [6.07, 6.45) is 12.5. The summed E-state index contributed by atoms with van der Waals surface area (Å²) in [4.78, 5) is 2.38. The number of hydrogen-bond donors (Lipinski definition) is 0. The van der Waals surface area contributed by atoms with Gasteiger partial charge in [0.1, 0.15) is 0 Å². The van der Waals surface area contributed by atoms with Crippen molar-refractivity contribution in [2.45, 2.75) is 26.2 Å². The van der Waals surface area contributed by atoms with Crippen molar-refractivity contribution in [2.75, 3.05) is 11.4 Å². The maximum atomic E-state index is 2.38. The first-order valence-electron chi connectivity index (χ1n) is 6.84. The molecule has 3 rings (SSSR count). The van der Waals surface area contributed by atoms with Gasteiger partial charge >= 0.3 is 0 Å². The van der Waals surface area contributed by atoms with Gasteiger partial charge in [0.05, 0.1) is 0 Å². The molecular formula is C17H19N. The van der Waals surface area contributed by atoms with Crippen molar-refractivity contribution in [1.29, 1.82) is 0 Å². The van der Waals surface area contributed by atoms with Gasteiger partial charge in [-0.1, -0.05) is 37.3 Å². The van der Waals surface area contributed by atoms with Crippen molar-refractivity contribution in [2.24, 2.45) is 0 Å². The molecule has 1 aliphatic heterocycles. The minimum atomic E-state index is 1.08. The van der Waals surface area contributed by atoms with Crippen LogP contribution in [0, 0.1) is 0 Å². The molecule has 1 aromatic carbocycles. The first-order valence-corrected chi connectivity index (χ1v) is 6.84. The summed E-state index contributed by atoms with van der Waals surface area (Å²) in [5.41, 5.74) is 5.65. The van der Waals surface area contributed by atoms with Crippen LogP contribution >= 0.6 is 0 Å². The summed E-state index contributed by atoms with van der Waals surface area (Å²) in [7, 11) is 0. The van der Waals surface area contributed by atoms with E-state index in [1.54, 1.807) is 0 Å². The monoisotopic (exact) mass is 237 g/mol. The maximum Gasteiger partial charge on any atom is 0.0482 e. The average Bonchev–Trinajstić information content (AvgIpc) is 2.58. The number of benzene rings is 1. The SMILES string of the molecule is CCCN1C=CC2=C(CCC=C2)c2ccccc21. The van der Waals surface area contributed by atoms with Gasteiger partial charge in [0.2, 0.25) is 0 Å². The molecule has 1 heterocycles. The van der Waals surface area contributed by atoms with E-state index in [2.05, 4.69) is 60.5 Å². The highest BCUT2D eigenvalue weighted by molar-refractivity contribution is 5.84. The summed E-state index contributed by atoms with van der Waals surface area (Å²) < 4.78 is 0. The standard InChI is InChI=1S/C17H19N/c1-2-12-18-13-11-14-7-3-4-8-15(14)16-9-5-6-10-17(16)18/h3,5-7,9-11,13H,2,4,8,12H2,1H3. The number of nitrogens with zero attached hydrogens (tertiary/aromatic N) is 1. The molecule has 0 radical (unpaired) electrons. The number of allylic oxidation sites excluding steroid dienone is 5. The zero-order valence-corrected chi connectivity index (χ0v) is 10.9. The molecule has 1 nitrogen and oxygen atoms in total. The van der Waals surface area contributed by atoms with Crippen molar-refractivity contribution in [1.82, 2.24) is 0 Å². The molecular weight excluding hydrogens is 218 g/mol. The van der Waals surface area contributed by atoms with Crippen molar-refractivity contribution in [3.63, 3.8) is 0 Å². The first-order chi connectivity index (χ1) is 8.90. The molecule has 0 atom stereocenters. The summed E-state index contributed by atoms with van der Waals surface area (Å²) >= 11 is 0. The van der Waals surface area contributed by atoms with Crippen molar-refractivity contribution >= 4 is 11.3 Å². The van der Waals surface area contributed by atoms with Gasteiger partial charge in [-0.15, -0.1) is 0 Å². The second kappa shape index (κ2) is 4.85. The summed E-state index contributed by atoms with van der Waals surface area (Å²) in [6, 6.07) is 8.79. The van der Waals surface area contributed by atoms with Gasteiger partial charge in [0.25, 0.3) is 0 Å². The van der Waals surface area contributed by atoms with E-state index in [-0.39, 0.29) is 0 Å². The van der Waals surface area contributed by atoms with Gasteiger partial charge in [0.15, 0.2) is 0 Å². The topological polar surface area (TPSA) is 3.24 Å². The van der Waals surface area contributed by atoms with Crippen LogP contribution in [-0.4, -0.2) is 6.54 Å². The molecule has 0 saturated heterocycles. The highest BCUT2D eigenvalue weighted by Gasteiger charge is 2.17. The zero-order valence-electron chi connectivity index (χ0n) is 10.9. The molecule has 0 amide bonds. The molecule has 1 aromatic rings. The van der Waals surface area contributed by atoms with E-state index in [1.807, 2.05) is 0 Å². The van der Waals surface area contributed by atoms with Crippen LogP contribution in [0.15, 0.2) is 54.3 Å². The first kappa shape index (κ1) is 11.3. The molecule has 2 aliphatic rings. The van der Waals surface area contributed by atoms with Crippen LogP contribution in [0.5, 0.6) is 0 Å². The van der Waals surface area contributed by atoms with Crippen molar-refractivity contribution in [3.8, 4) is 0 Å². The third kappa shape index (κ3) is 1.90. The second-order valence-corrected chi connectivity index (χ2v) is 4.90. The third-order valence-electron chi connectivity index (χ3n) is 3.64. The van der Waals surface area contributed by atoms with E-state index < -0.39 is 0 Å². The predicted octanol–water partition coefficient (Wildman–Crippen LogP) is 4.53. The fourth-order valence-electron chi connectivity index (χ4n) is 2.79. The molecule has 1 heteroatoms. The Morgan fingerprint density at radius 3 is 2.94 bits per heavy atom. The third-order valence-corrected chi connectivity index (χ3v) is 3.64. The molecule has 0 aromatic heterocycles. The Hall–Kier alpha value is -1.76. The molecule has 92 valence electrons. The number of hydrogen-bond acceptors (Lipinski definition) is 1. The Kier molecular flexibility index (Phi) is 3.06. The van der Waals surface area contributed by atoms with E-state index in [4.69, 9.17) is 0 Å². The predicted molar refractivity (Wildman–Crippen MR) is 78.5 cm³/mol. The Labute approximate surface area is 109 Å².